The van der Waals surface area contributed by atoms with Crippen molar-refractivity contribution >= 4 is 11.6 Å². The third-order valence-electron chi connectivity index (χ3n) is 3.18. The molecule has 2 aromatic rings. The zero-order valence-corrected chi connectivity index (χ0v) is 11.9. The summed E-state index contributed by atoms with van der Waals surface area (Å²) in [5, 5.41) is 0.664. The Morgan fingerprint density at radius 1 is 1.11 bits per heavy atom. The van der Waals surface area contributed by atoms with E-state index in [9.17, 15) is 0 Å². The molecule has 0 bridgehead atoms. The molecule has 0 aliphatic carbocycles. The Labute approximate surface area is 119 Å². The van der Waals surface area contributed by atoms with E-state index >= 15 is 0 Å². The molecular weight excluding hydrogens is 258 g/mol. The third-order valence-corrected chi connectivity index (χ3v) is 3.42. The monoisotopic (exact) mass is 275 g/mol. The van der Waals surface area contributed by atoms with E-state index in [0.717, 1.165) is 11.3 Å². The van der Waals surface area contributed by atoms with Gasteiger partial charge >= 0.3 is 0 Å². The van der Waals surface area contributed by atoms with Gasteiger partial charge in [0.05, 0.1) is 6.04 Å². The van der Waals surface area contributed by atoms with Gasteiger partial charge in [-0.2, -0.15) is 0 Å². The molecule has 2 N–H and O–H groups in total. The van der Waals surface area contributed by atoms with Crippen LogP contribution in [0.15, 0.2) is 42.5 Å². The summed E-state index contributed by atoms with van der Waals surface area (Å²) in [7, 11) is 0. The molecule has 0 saturated carbocycles. The van der Waals surface area contributed by atoms with E-state index < -0.39 is 0 Å². The number of rotatable bonds is 4. The minimum Gasteiger partial charge on any atom is -0.492 e. The second-order valence-electron chi connectivity index (χ2n) is 4.72. The summed E-state index contributed by atoms with van der Waals surface area (Å²) in [6.07, 6.45) is 0. The molecule has 0 aliphatic heterocycles. The summed E-state index contributed by atoms with van der Waals surface area (Å²) < 4.78 is 5.66. The fraction of sp³-hybridized carbons (Fsp3) is 0.250. The summed E-state index contributed by atoms with van der Waals surface area (Å²) in [4.78, 5) is 0. The maximum atomic E-state index is 6.14. The van der Waals surface area contributed by atoms with Crippen LogP contribution >= 0.6 is 11.6 Å². The molecule has 0 amide bonds. The highest BCUT2D eigenvalue weighted by atomic mass is 35.5. The van der Waals surface area contributed by atoms with Crippen LogP contribution in [-0.4, -0.2) is 6.61 Å². The molecule has 2 aromatic carbocycles. The van der Waals surface area contributed by atoms with Crippen molar-refractivity contribution in [2.45, 2.75) is 19.9 Å². The normalized spacial score (nSPS) is 12.2. The van der Waals surface area contributed by atoms with Gasteiger partial charge in [0.25, 0.3) is 0 Å². The molecule has 1 unspecified atom stereocenters. The Morgan fingerprint density at radius 3 is 2.58 bits per heavy atom. The highest BCUT2D eigenvalue weighted by molar-refractivity contribution is 6.30. The number of hydrogen-bond acceptors (Lipinski definition) is 2. The number of halogens is 1. The number of ether oxygens (including phenoxy) is 1. The van der Waals surface area contributed by atoms with Crippen LogP contribution < -0.4 is 10.5 Å². The summed E-state index contributed by atoms with van der Waals surface area (Å²) >= 11 is 5.90. The average Bonchev–Trinajstić information content (AvgIpc) is 2.39. The average molecular weight is 276 g/mol. The van der Waals surface area contributed by atoms with Crippen molar-refractivity contribution in [1.82, 2.24) is 0 Å². The Balaban J connectivity index is 2.01. The summed E-state index contributed by atoms with van der Waals surface area (Å²) in [5.41, 5.74) is 9.75. The maximum Gasteiger partial charge on any atom is 0.120 e. The number of nitrogens with two attached hydrogens (primary N) is 1. The number of hydrogen-bond donors (Lipinski definition) is 1. The molecule has 3 heteroatoms. The van der Waals surface area contributed by atoms with E-state index in [1.807, 2.05) is 24.3 Å². The lowest BCUT2D eigenvalue weighted by Crippen LogP contribution is -2.19. The fourth-order valence-electron chi connectivity index (χ4n) is 1.83. The van der Waals surface area contributed by atoms with Crippen molar-refractivity contribution in [3.63, 3.8) is 0 Å². The minimum atomic E-state index is -0.140. The van der Waals surface area contributed by atoms with Gasteiger partial charge in [0.2, 0.25) is 0 Å². The lowest BCUT2D eigenvalue weighted by Gasteiger charge is -2.15. The first kappa shape index (κ1) is 13.9. The smallest absolute Gasteiger partial charge is 0.120 e. The van der Waals surface area contributed by atoms with Crippen LogP contribution in [0, 0.1) is 13.8 Å². The molecular formula is C16H18ClNO. The van der Waals surface area contributed by atoms with Crippen LogP contribution in [0.2, 0.25) is 5.02 Å². The van der Waals surface area contributed by atoms with Gasteiger partial charge < -0.3 is 10.5 Å². The maximum absolute atomic E-state index is 6.14. The first-order valence-corrected chi connectivity index (χ1v) is 6.65. The summed E-state index contributed by atoms with van der Waals surface area (Å²) in [6.45, 7) is 4.61. The van der Waals surface area contributed by atoms with Gasteiger partial charge in [-0.05, 0) is 48.7 Å². The summed E-state index contributed by atoms with van der Waals surface area (Å²) in [5.74, 6) is 0.742. The van der Waals surface area contributed by atoms with Crippen LogP contribution in [0.4, 0.5) is 0 Å². The van der Waals surface area contributed by atoms with E-state index in [2.05, 4.69) is 26.0 Å². The van der Waals surface area contributed by atoms with Crippen molar-refractivity contribution in [2.75, 3.05) is 6.61 Å². The molecule has 0 aliphatic rings. The molecule has 1 atom stereocenters. The molecule has 100 valence electrons. The van der Waals surface area contributed by atoms with Crippen molar-refractivity contribution in [2.24, 2.45) is 5.73 Å². The van der Waals surface area contributed by atoms with Gasteiger partial charge in [-0.25, -0.2) is 0 Å². The van der Waals surface area contributed by atoms with Gasteiger partial charge in [-0.3, -0.25) is 0 Å². The number of aryl methyl sites for hydroxylation is 2. The van der Waals surface area contributed by atoms with Gasteiger partial charge in [-0.1, -0.05) is 35.9 Å². The molecule has 19 heavy (non-hydrogen) atoms. The van der Waals surface area contributed by atoms with E-state index in [-0.39, 0.29) is 6.04 Å². The zero-order valence-electron chi connectivity index (χ0n) is 11.2. The van der Waals surface area contributed by atoms with Crippen LogP contribution in [-0.2, 0) is 0 Å². The van der Waals surface area contributed by atoms with Crippen LogP contribution in [0.25, 0.3) is 0 Å². The molecule has 0 heterocycles. The molecule has 0 fully saturated rings. The van der Waals surface area contributed by atoms with Gasteiger partial charge in [0.15, 0.2) is 0 Å². The first-order chi connectivity index (χ1) is 9.06. The van der Waals surface area contributed by atoms with E-state index in [4.69, 9.17) is 22.1 Å². The van der Waals surface area contributed by atoms with E-state index in [1.54, 1.807) is 6.07 Å². The van der Waals surface area contributed by atoms with Gasteiger partial charge in [0.1, 0.15) is 12.4 Å². The number of benzene rings is 2. The molecule has 2 rings (SSSR count). The highest BCUT2D eigenvalue weighted by Crippen LogP contribution is 2.20. The SMILES string of the molecule is Cc1ccc(C(N)COc2cccc(Cl)c2)cc1C. The molecule has 0 saturated heterocycles. The first-order valence-electron chi connectivity index (χ1n) is 6.27. The molecule has 2 nitrogen and oxygen atoms in total. The Hall–Kier alpha value is -1.51. The predicted octanol–water partition coefficient (Wildman–Crippen LogP) is 4.04. The van der Waals surface area contributed by atoms with Crippen LogP contribution in [0.5, 0.6) is 5.75 Å². The Morgan fingerprint density at radius 2 is 1.89 bits per heavy atom. The third kappa shape index (κ3) is 3.72. The quantitative estimate of drug-likeness (QED) is 0.914. The van der Waals surface area contributed by atoms with Crippen LogP contribution in [0.3, 0.4) is 0 Å². The van der Waals surface area contributed by atoms with Crippen LogP contribution in [0.1, 0.15) is 22.7 Å². The van der Waals surface area contributed by atoms with Crippen molar-refractivity contribution < 1.29 is 4.74 Å². The minimum absolute atomic E-state index is 0.140. The van der Waals surface area contributed by atoms with E-state index in [1.165, 1.54) is 11.1 Å². The molecule has 0 aromatic heterocycles. The second kappa shape index (κ2) is 6.09. The Bertz CT molecular complexity index is 568. The lowest BCUT2D eigenvalue weighted by molar-refractivity contribution is 0.290. The zero-order chi connectivity index (χ0) is 13.8. The lowest BCUT2D eigenvalue weighted by atomic mass is 10.0. The highest BCUT2D eigenvalue weighted by Gasteiger charge is 2.08. The largest absolute Gasteiger partial charge is 0.492 e. The van der Waals surface area contributed by atoms with E-state index in [0.29, 0.717) is 11.6 Å². The van der Waals surface area contributed by atoms with Crippen molar-refractivity contribution in [3.8, 4) is 5.75 Å². The molecule has 0 spiro atoms. The van der Waals surface area contributed by atoms with Crippen molar-refractivity contribution in [1.29, 1.82) is 0 Å². The van der Waals surface area contributed by atoms with Gasteiger partial charge in [0, 0.05) is 5.02 Å². The molecule has 0 radical (unpaired) electrons. The summed E-state index contributed by atoms with van der Waals surface area (Å²) in [6, 6.07) is 13.4. The topological polar surface area (TPSA) is 35.2 Å². The predicted molar refractivity (Wildman–Crippen MR) is 79.8 cm³/mol. The van der Waals surface area contributed by atoms with Crippen molar-refractivity contribution in [3.05, 3.63) is 64.2 Å². The standard InChI is InChI=1S/C16H18ClNO/c1-11-6-7-13(8-12(11)2)16(18)10-19-15-5-3-4-14(17)9-15/h3-9,16H,10,18H2,1-2H3. The Kier molecular flexibility index (Phi) is 4.46. The fourth-order valence-corrected chi connectivity index (χ4v) is 2.01. The second-order valence-corrected chi connectivity index (χ2v) is 5.16. The van der Waals surface area contributed by atoms with Gasteiger partial charge in [-0.15, -0.1) is 0 Å².